The molecule has 1 unspecified atom stereocenters. The molecule has 2 aromatic carbocycles. The largest absolute Gasteiger partial charge is 0.492 e. The van der Waals surface area contributed by atoms with E-state index in [2.05, 4.69) is 4.98 Å². The van der Waals surface area contributed by atoms with Crippen molar-refractivity contribution in [2.75, 3.05) is 6.61 Å². The van der Waals surface area contributed by atoms with Crippen molar-refractivity contribution in [3.05, 3.63) is 59.5 Å². The summed E-state index contributed by atoms with van der Waals surface area (Å²) < 4.78 is 11.4. The summed E-state index contributed by atoms with van der Waals surface area (Å²) >= 11 is 0. The molecule has 1 aliphatic rings. The van der Waals surface area contributed by atoms with Crippen molar-refractivity contribution in [3.63, 3.8) is 0 Å². The molecule has 5 heteroatoms. The summed E-state index contributed by atoms with van der Waals surface area (Å²) in [5.74, 6) is 0.188. The molecule has 1 N–H and O–H groups in total. The topological polar surface area (TPSA) is 72.6 Å². The third kappa shape index (κ3) is 1.78. The minimum Gasteiger partial charge on any atom is -0.492 e. The number of aromatic carboxylic acids is 1. The van der Waals surface area contributed by atoms with E-state index in [4.69, 9.17) is 9.15 Å². The zero-order valence-corrected chi connectivity index (χ0v) is 10.9. The predicted octanol–water partition coefficient (Wildman–Crippen LogP) is 3.05. The number of aromatic nitrogens is 1. The standard InChI is InChI=1S/C16H11NO4/c18-16(19)10-5-3-6-12-14(10)21-15(17-12)11-8-20-13-7-2-1-4-9(11)13/h1-7,11H,8H2,(H,18,19). The summed E-state index contributed by atoms with van der Waals surface area (Å²) in [4.78, 5) is 15.7. The first-order chi connectivity index (χ1) is 10.2. The summed E-state index contributed by atoms with van der Waals surface area (Å²) in [7, 11) is 0. The van der Waals surface area contributed by atoms with E-state index in [1.165, 1.54) is 6.07 Å². The second kappa shape index (κ2) is 4.34. The lowest BCUT2D eigenvalue weighted by molar-refractivity contribution is 0.0698. The number of carboxylic acid groups (broad SMARTS) is 1. The van der Waals surface area contributed by atoms with Gasteiger partial charge < -0.3 is 14.3 Å². The van der Waals surface area contributed by atoms with E-state index in [0.717, 1.165) is 11.3 Å². The summed E-state index contributed by atoms with van der Waals surface area (Å²) in [6.45, 7) is 0.453. The smallest absolute Gasteiger partial charge is 0.339 e. The van der Waals surface area contributed by atoms with Gasteiger partial charge in [-0.2, -0.15) is 0 Å². The number of carbonyl (C=O) groups is 1. The SMILES string of the molecule is O=C(O)c1cccc2nc(C3COc4ccccc43)oc12. The van der Waals surface area contributed by atoms with Crippen LogP contribution in [0.15, 0.2) is 46.9 Å². The van der Waals surface area contributed by atoms with E-state index >= 15 is 0 Å². The maximum Gasteiger partial charge on any atom is 0.339 e. The van der Waals surface area contributed by atoms with Gasteiger partial charge in [-0.05, 0) is 18.2 Å². The first-order valence-electron chi connectivity index (χ1n) is 6.58. The number of hydrogen-bond acceptors (Lipinski definition) is 4. The lowest BCUT2D eigenvalue weighted by atomic mass is 10.0. The van der Waals surface area contributed by atoms with Gasteiger partial charge in [0.1, 0.15) is 23.4 Å². The van der Waals surface area contributed by atoms with Crippen LogP contribution in [0.3, 0.4) is 0 Å². The van der Waals surface area contributed by atoms with Gasteiger partial charge in [-0.15, -0.1) is 0 Å². The first kappa shape index (κ1) is 12.0. The number of benzene rings is 2. The molecule has 104 valence electrons. The number of ether oxygens (including phenoxy) is 1. The fourth-order valence-corrected chi connectivity index (χ4v) is 2.65. The van der Waals surface area contributed by atoms with Gasteiger partial charge in [0.25, 0.3) is 0 Å². The van der Waals surface area contributed by atoms with Crippen molar-refractivity contribution in [1.82, 2.24) is 4.98 Å². The predicted molar refractivity (Wildman–Crippen MR) is 74.7 cm³/mol. The molecule has 3 aromatic rings. The number of para-hydroxylation sites is 2. The Morgan fingerprint density at radius 1 is 1.19 bits per heavy atom. The average molecular weight is 281 g/mol. The highest BCUT2D eigenvalue weighted by Crippen LogP contribution is 2.38. The quantitative estimate of drug-likeness (QED) is 0.781. The molecule has 0 amide bonds. The van der Waals surface area contributed by atoms with E-state index in [-0.39, 0.29) is 11.5 Å². The normalized spacial score (nSPS) is 16.7. The molecule has 4 rings (SSSR count). The van der Waals surface area contributed by atoms with Gasteiger partial charge in [-0.3, -0.25) is 0 Å². The molecule has 0 aliphatic carbocycles. The van der Waals surface area contributed by atoms with Crippen molar-refractivity contribution in [1.29, 1.82) is 0 Å². The van der Waals surface area contributed by atoms with E-state index in [1.54, 1.807) is 12.1 Å². The molecule has 2 heterocycles. The van der Waals surface area contributed by atoms with Crippen LogP contribution in [0.1, 0.15) is 27.7 Å². The van der Waals surface area contributed by atoms with Crippen molar-refractivity contribution < 1.29 is 19.1 Å². The van der Waals surface area contributed by atoms with Crippen LogP contribution in [0, 0.1) is 0 Å². The Kier molecular flexibility index (Phi) is 2.47. The van der Waals surface area contributed by atoms with E-state index in [1.807, 2.05) is 24.3 Å². The molecule has 5 nitrogen and oxygen atoms in total. The number of fused-ring (bicyclic) bond motifs is 2. The Hall–Kier alpha value is -2.82. The lowest BCUT2D eigenvalue weighted by Gasteiger charge is -2.02. The number of carboxylic acids is 1. The molecule has 21 heavy (non-hydrogen) atoms. The third-order valence-electron chi connectivity index (χ3n) is 3.66. The molecule has 0 spiro atoms. The van der Waals surface area contributed by atoms with Gasteiger partial charge in [0.05, 0.1) is 5.92 Å². The molecular weight excluding hydrogens is 270 g/mol. The Balaban J connectivity index is 1.86. The van der Waals surface area contributed by atoms with E-state index < -0.39 is 5.97 Å². The fraction of sp³-hybridized carbons (Fsp3) is 0.125. The molecule has 0 fully saturated rings. The molecule has 0 bridgehead atoms. The van der Waals surface area contributed by atoms with Crippen molar-refractivity contribution in [2.45, 2.75) is 5.92 Å². The molecular formula is C16H11NO4. The van der Waals surface area contributed by atoms with Crippen molar-refractivity contribution in [2.24, 2.45) is 0 Å². The van der Waals surface area contributed by atoms with Gasteiger partial charge in [0.15, 0.2) is 5.58 Å². The minimum atomic E-state index is -1.02. The van der Waals surface area contributed by atoms with Crippen LogP contribution in [-0.2, 0) is 0 Å². The minimum absolute atomic E-state index is 0.102. The Morgan fingerprint density at radius 2 is 2.05 bits per heavy atom. The van der Waals surface area contributed by atoms with Crippen LogP contribution in [0.5, 0.6) is 5.75 Å². The molecule has 1 atom stereocenters. The van der Waals surface area contributed by atoms with Gasteiger partial charge in [0.2, 0.25) is 5.89 Å². The second-order valence-electron chi connectivity index (χ2n) is 4.91. The number of oxazole rings is 1. The summed E-state index contributed by atoms with van der Waals surface area (Å²) in [5.41, 5.74) is 2.00. The number of nitrogens with zero attached hydrogens (tertiary/aromatic N) is 1. The van der Waals surface area contributed by atoms with Gasteiger partial charge >= 0.3 is 5.97 Å². The van der Waals surface area contributed by atoms with Crippen LogP contribution < -0.4 is 4.74 Å². The first-order valence-corrected chi connectivity index (χ1v) is 6.58. The van der Waals surface area contributed by atoms with Crippen molar-refractivity contribution >= 4 is 17.1 Å². The van der Waals surface area contributed by atoms with Gasteiger partial charge in [-0.1, -0.05) is 24.3 Å². The van der Waals surface area contributed by atoms with E-state index in [0.29, 0.717) is 23.6 Å². The Morgan fingerprint density at radius 3 is 2.90 bits per heavy atom. The zero-order valence-electron chi connectivity index (χ0n) is 10.9. The van der Waals surface area contributed by atoms with Crippen LogP contribution in [0.4, 0.5) is 0 Å². The molecule has 1 aromatic heterocycles. The summed E-state index contributed by atoms with van der Waals surface area (Å²) in [6.07, 6.45) is 0. The molecule has 0 saturated heterocycles. The lowest BCUT2D eigenvalue weighted by Crippen LogP contribution is -2.02. The summed E-state index contributed by atoms with van der Waals surface area (Å²) in [5, 5.41) is 9.20. The zero-order chi connectivity index (χ0) is 14.4. The highest BCUT2D eigenvalue weighted by molar-refractivity contribution is 5.99. The molecule has 1 aliphatic heterocycles. The monoisotopic (exact) mass is 281 g/mol. The van der Waals surface area contributed by atoms with Crippen LogP contribution >= 0.6 is 0 Å². The summed E-state index contributed by atoms with van der Waals surface area (Å²) in [6, 6.07) is 12.6. The molecule has 0 radical (unpaired) electrons. The fourth-order valence-electron chi connectivity index (χ4n) is 2.65. The van der Waals surface area contributed by atoms with Crippen LogP contribution in [0.25, 0.3) is 11.1 Å². The highest BCUT2D eigenvalue weighted by Gasteiger charge is 2.30. The van der Waals surface area contributed by atoms with Crippen LogP contribution in [0.2, 0.25) is 0 Å². The number of hydrogen-bond donors (Lipinski definition) is 1. The number of rotatable bonds is 2. The third-order valence-corrected chi connectivity index (χ3v) is 3.66. The maximum absolute atomic E-state index is 11.2. The maximum atomic E-state index is 11.2. The average Bonchev–Trinajstić information content (AvgIpc) is 3.09. The molecule has 0 saturated carbocycles. The van der Waals surface area contributed by atoms with E-state index in [9.17, 15) is 9.90 Å². The highest BCUT2D eigenvalue weighted by atomic mass is 16.5. The van der Waals surface area contributed by atoms with Crippen LogP contribution in [-0.4, -0.2) is 22.7 Å². The van der Waals surface area contributed by atoms with Crippen molar-refractivity contribution in [3.8, 4) is 5.75 Å². The van der Waals surface area contributed by atoms with Gasteiger partial charge in [-0.25, -0.2) is 9.78 Å². The van der Waals surface area contributed by atoms with Gasteiger partial charge in [0, 0.05) is 5.56 Å². The Bertz CT molecular complexity index is 852. The Labute approximate surface area is 119 Å². The second-order valence-corrected chi connectivity index (χ2v) is 4.91.